The van der Waals surface area contributed by atoms with Gasteiger partial charge in [0, 0.05) is 25.1 Å². The summed E-state index contributed by atoms with van der Waals surface area (Å²) in [5, 5.41) is 0. The topological polar surface area (TPSA) is 81.1 Å². The summed E-state index contributed by atoms with van der Waals surface area (Å²) < 4.78 is 5.83. The molecule has 1 aromatic heterocycles. The van der Waals surface area contributed by atoms with E-state index in [0.29, 0.717) is 11.6 Å². The zero-order valence-corrected chi connectivity index (χ0v) is 9.93. The molecule has 4 heterocycles. The van der Waals surface area contributed by atoms with Crippen molar-refractivity contribution in [3.63, 3.8) is 0 Å². The van der Waals surface area contributed by atoms with Gasteiger partial charge in [-0.15, -0.1) is 0 Å². The third-order valence-corrected chi connectivity index (χ3v) is 3.83. The summed E-state index contributed by atoms with van der Waals surface area (Å²) in [5.74, 6) is 0.162. The Morgan fingerprint density at radius 1 is 1.33 bits per heavy atom. The van der Waals surface area contributed by atoms with Crippen molar-refractivity contribution in [3.05, 3.63) is 17.0 Å². The monoisotopic (exact) mass is 246 g/mol. The molecule has 6 heteroatoms. The highest BCUT2D eigenvalue weighted by Gasteiger charge is 2.39. The molecule has 4 rings (SSSR count). The average molecular weight is 246 g/mol. The van der Waals surface area contributed by atoms with E-state index in [-0.39, 0.29) is 12.2 Å². The number of aromatic nitrogens is 2. The second kappa shape index (κ2) is 3.41. The van der Waals surface area contributed by atoms with E-state index in [1.807, 2.05) is 4.90 Å². The highest BCUT2D eigenvalue weighted by molar-refractivity contribution is 5.93. The van der Waals surface area contributed by atoms with Gasteiger partial charge in [0.2, 0.25) is 5.95 Å². The van der Waals surface area contributed by atoms with Crippen molar-refractivity contribution >= 4 is 11.9 Å². The van der Waals surface area contributed by atoms with Crippen LogP contribution in [0.15, 0.2) is 0 Å². The molecule has 2 atom stereocenters. The summed E-state index contributed by atoms with van der Waals surface area (Å²) in [7, 11) is 0. The maximum atomic E-state index is 11.6. The Labute approximate surface area is 104 Å². The summed E-state index contributed by atoms with van der Waals surface area (Å²) in [4.78, 5) is 22.5. The van der Waals surface area contributed by atoms with Crippen molar-refractivity contribution < 1.29 is 9.53 Å². The molecule has 0 spiro atoms. The number of primary amides is 1. The predicted molar refractivity (Wildman–Crippen MR) is 63.3 cm³/mol. The number of fused-ring (bicyclic) bond motifs is 4. The Bertz CT molecular complexity index is 541. The number of amides is 1. The lowest BCUT2D eigenvalue weighted by molar-refractivity contribution is 0.0300. The number of hydrogen-bond donors (Lipinski definition) is 1. The second-order valence-electron chi connectivity index (χ2n) is 5.11. The molecule has 2 bridgehead atoms. The van der Waals surface area contributed by atoms with E-state index in [0.717, 1.165) is 43.6 Å². The Balaban J connectivity index is 1.89. The van der Waals surface area contributed by atoms with Crippen molar-refractivity contribution in [3.8, 4) is 0 Å². The third kappa shape index (κ3) is 1.42. The van der Waals surface area contributed by atoms with E-state index in [4.69, 9.17) is 10.5 Å². The lowest BCUT2D eigenvalue weighted by Crippen LogP contribution is -2.26. The van der Waals surface area contributed by atoms with E-state index in [1.54, 1.807) is 0 Å². The van der Waals surface area contributed by atoms with E-state index in [2.05, 4.69) is 9.97 Å². The highest BCUT2D eigenvalue weighted by atomic mass is 16.5. The highest BCUT2D eigenvalue weighted by Crippen LogP contribution is 2.42. The van der Waals surface area contributed by atoms with Gasteiger partial charge in [-0.2, -0.15) is 0 Å². The minimum atomic E-state index is -0.481. The molecule has 3 aliphatic rings. The predicted octanol–water partition coefficient (Wildman–Crippen LogP) is 0.172. The number of anilines is 1. The van der Waals surface area contributed by atoms with Crippen LogP contribution in [0.25, 0.3) is 0 Å². The quantitative estimate of drug-likeness (QED) is 0.752. The van der Waals surface area contributed by atoms with Gasteiger partial charge in [-0.05, 0) is 12.8 Å². The van der Waals surface area contributed by atoms with Crippen LogP contribution in [0.5, 0.6) is 0 Å². The third-order valence-electron chi connectivity index (χ3n) is 3.83. The lowest BCUT2D eigenvalue weighted by Gasteiger charge is -2.24. The van der Waals surface area contributed by atoms with Gasteiger partial charge in [0.25, 0.3) is 5.91 Å². The van der Waals surface area contributed by atoms with Gasteiger partial charge < -0.3 is 15.4 Å². The summed E-state index contributed by atoms with van der Waals surface area (Å²) in [6.45, 7) is 1.92. The minimum absolute atomic E-state index is 0.0375. The van der Waals surface area contributed by atoms with Crippen LogP contribution in [0.2, 0.25) is 0 Å². The van der Waals surface area contributed by atoms with Crippen molar-refractivity contribution in [2.45, 2.75) is 31.5 Å². The number of nitrogens with two attached hydrogens (primary N) is 1. The van der Waals surface area contributed by atoms with E-state index in [1.165, 1.54) is 0 Å². The average Bonchev–Trinajstić information content (AvgIpc) is 3.13. The maximum absolute atomic E-state index is 11.6. The Kier molecular flexibility index (Phi) is 1.94. The van der Waals surface area contributed by atoms with E-state index >= 15 is 0 Å². The smallest absolute Gasteiger partial charge is 0.267 e. The molecule has 1 amide bonds. The molecule has 18 heavy (non-hydrogen) atoms. The number of hydrogen-bond acceptors (Lipinski definition) is 5. The van der Waals surface area contributed by atoms with Crippen LogP contribution in [-0.2, 0) is 11.2 Å². The normalized spacial score (nSPS) is 28.1. The van der Waals surface area contributed by atoms with Crippen LogP contribution in [0.4, 0.5) is 5.95 Å². The Hall–Kier alpha value is -1.69. The first-order valence-corrected chi connectivity index (χ1v) is 6.33. The molecule has 3 aliphatic heterocycles. The maximum Gasteiger partial charge on any atom is 0.267 e. The molecular formula is C12H14N4O2. The fourth-order valence-electron chi connectivity index (χ4n) is 2.86. The van der Waals surface area contributed by atoms with Gasteiger partial charge in [-0.1, -0.05) is 0 Å². The first-order chi connectivity index (χ1) is 8.72. The zero-order valence-electron chi connectivity index (χ0n) is 9.93. The first kappa shape index (κ1) is 10.3. The molecule has 6 nitrogen and oxygen atoms in total. The van der Waals surface area contributed by atoms with Crippen molar-refractivity contribution in [2.24, 2.45) is 5.73 Å². The summed E-state index contributed by atoms with van der Waals surface area (Å²) in [6, 6.07) is 0. The van der Waals surface area contributed by atoms with E-state index in [9.17, 15) is 4.79 Å². The number of ether oxygens (including phenoxy) is 1. The van der Waals surface area contributed by atoms with Crippen molar-refractivity contribution in [1.82, 2.24) is 9.97 Å². The lowest BCUT2D eigenvalue weighted by atomic mass is 10.0. The zero-order chi connectivity index (χ0) is 12.3. The SMILES string of the molecule is NC(=O)c1nc(N2CC2)nc2c1C1CCC(C2)O1. The number of carbonyl (C=O) groups is 1. The molecule has 2 fully saturated rings. The van der Waals surface area contributed by atoms with Gasteiger partial charge in [0.1, 0.15) is 5.69 Å². The fourth-order valence-corrected chi connectivity index (χ4v) is 2.86. The van der Waals surface area contributed by atoms with Crippen LogP contribution in [-0.4, -0.2) is 35.1 Å². The Morgan fingerprint density at radius 2 is 2.17 bits per heavy atom. The number of nitrogens with zero attached hydrogens (tertiary/aromatic N) is 3. The molecule has 2 unspecified atom stereocenters. The standard InChI is InChI=1S/C12H14N4O2/c13-11(17)10-9-7(5-6-1-2-8(9)18-6)14-12(15-10)16-3-4-16/h6,8H,1-5H2,(H2,13,17). The molecule has 94 valence electrons. The number of carbonyl (C=O) groups excluding carboxylic acids is 1. The van der Waals surface area contributed by atoms with Crippen LogP contribution >= 0.6 is 0 Å². The summed E-state index contributed by atoms with van der Waals surface area (Å²) in [6.07, 6.45) is 2.95. The molecule has 0 saturated carbocycles. The van der Waals surface area contributed by atoms with Crippen LogP contribution in [0.3, 0.4) is 0 Å². The second-order valence-corrected chi connectivity index (χ2v) is 5.11. The van der Waals surface area contributed by atoms with Crippen molar-refractivity contribution in [2.75, 3.05) is 18.0 Å². The summed E-state index contributed by atoms with van der Waals surface area (Å²) in [5.41, 5.74) is 7.60. The molecule has 0 aromatic carbocycles. The number of rotatable bonds is 2. The van der Waals surface area contributed by atoms with Crippen LogP contribution in [0.1, 0.15) is 40.7 Å². The van der Waals surface area contributed by atoms with Gasteiger partial charge in [0.15, 0.2) is 0 Å². The molecule has 2 N–H and O–H groups in total. The van der Waals surface area contributed by atoms with E-state index < -0.39 is 5.91 Å². The van der Waals surface area contributed by atoms with Crippen molar-refractivity contribution in [1.29, 1.82) is 0 Å². The van der Waals surface area contributed by atoms with Gasteiger partial charge in [0.05, 0.1) is 17.9 Å². The molecule has 1 aromatic rings. The van der Waals surface area contributed by atoms with Gasteiger partial charge in [-0.25, -0.2) is 9.97 Å². The molecule has 2 saturated heterocycles. The van der Waals surface area contributed by atoms with Crippen LogP contribution in [0, 0.1) is 0 Å². The minimum Gasteiger partial charge on any atom is -0.370 e. The largest absolute Gasteiger partial charge is 0.370 e. The summed E-state index contributed by atoms with van der Waals surface area (Å²) >= 11 is 0. The fraction of sp³-hybridized carbons (Fsp3) is 0.583. The van der Waals surface area contributed by atoms with Gasteiger partial charge in [-0.3, -0.25) is 4.79 Å². The van der Waals surface area contributed by atoms with Crippen LogP contribution < -0.4 is 10.6 Å². The Morgan fingerprint density at radius 3 is 2.89 bits per heavy atom. The first-order valence-electron chi connectivity index (χ1n) is 6.33. The molecule has 0 aliphatic carbocycles. The molecule has 0 radical (unpaired) electrons. The molecular weight excluding hydrogens is 232 g/mol. The van der Waals surface area contributed by atoms with Gasteiger partial charge >= 0.3 is 0 Å².